The average molecular weight is 363 g/mol. The van der Waals surface area contributed by atoms with Gasteiger partial charge in [0, 0.05) is 5.56 Å². The van der Waals surface area contributed by atoms with Crippen molar-refractivity contribution in [1.29, 1.82) is 0 Å². The summed E-state index contributed by atoms with van der Waals surface area (Å²) in [5, 5.41) is 8.47. The summed E-state index contributed by atoms with van der Waals surface area (Å²) in [4.78, 5) is 23.7. The molecular weight excluding hydrogens is 358 g/mol. The van der Waals surface area contributed by atoms with Crippen molar-refractivity contribution < 1.29 is 27.8 Å². The molecule has 0 aliphatic carbocycles. The number of H-pyrrole nitrogens is 1. The van der Waals surface area contributed by atoms with Gasteiger partial charge in [-0.3, -0.25) is 9.59 Å². The molecule has 0 radical (unpaired) electrons. The Morgan fingerprint density at radius 1 is 1.53 bits per heavy atom. The summed E-state index contributed by atoms with van der Waals surface area (Å²) in [7, 11) is 0. The molecule has 0 atom stereocenters. The normalized spacial score (nSPS) is 11.3. The number of aromatic nitrogens is 1. The van der Waals surface area contributed by atoms with Gasteiger partial charge in [-0.15, -0.1) is 13.2 Å². The van der Waals surface area contributed by atoms with E-state index < -0.39 is 30.1 Å². The number of halogens is 4. The number of carbonyl (C=O) groups is 1. The highest BCUT2D eigenvalue weighted by Gasteiger charge is 2.32. The fourth-order valence-corrected chi connectivity index (χ4v) is 1.53. The molecule has 0 bridgehead atoms. The lowest BCUT2D eigenvalue weighted by atomic mass is 10.2. The highest BCUT2D eigenvalue weighted by atomic mass is 127. The van der Waals surface area contributed by atoms with Gasteiger partial charge in [0.2, 0.25) is 0 Å². The number of ether oxygens (including phenoxy) is 1. The van der Waals surface area contributed by atoms with Crippen LogP contribution in [0.15, 0.2) is 10.9 Å². The highest BCUT2D eigenvalue weighted by molar-refractivity contribution is 14.1. The minimum atomic E-state index is -4.90. The van der Waals surface area contributed by atoms with E-state index in [-0.39, 0.29) is 9.26 Å². The number of rotatable bonds is 3. The quantitative estimate of drug-likeness (QED) is 0.630. The van der Waals surface area contributed by atoms with Crippen LogP contribution in [0.4, 0.5) is 13.2 Å². The van der Waals surface area contributed by atoms with Crippen molar-refractivity contribution in [2.24, 2.45) is 0 Å². The van der Waals surface area contributed by atoms with Crippen molar-refractivity contribution in [3.05, 3.63) is 25.7 Å². The lowest BCUT2D eigenvalue weighted by molar-refractivity contribution is -0.275. The van der Waals surface area contributed by atoms with E-state index in [1.54, 1.807) is 0 Å². The molecule has 0 amide bonds. The van der Waals surface area contributed by atoms with E-state index >= 15 is 0 Å². The van der Waals surface area contributed by atoms with Crippen molar-refractivity contribution in [3.63, 3.8) is 0 Å². The Labute approximate surface area is 106 Å². The summed E-state index contributed by atoms with van der Waals surface area (Å²) in [6.45, 7) is 0. The van der Waals surface area contributed by atoms with Crippen molar-refractivity contribution in [2.75, 3.05) is 0 Å². The topological polar surface area (TPSA) is 79.4 Å². The number of hydrogen-bond acceptors (Lipinski definition) is 3. The third kappa shape index (κ3) is 4.24. The molecule has 5 nitrogen and oxygen atoms in total. The molecule has 0 aliphatic rings. The van der Waals surface area contributed by atoms with Crippen LogP contribution in [0.3, 0.4) is 0 Å². The number of alkyl halides is 3. The van der Waals surface area contributed by atoms with Crippen LogP contribution in [0.2, 0.25) is 0 Å². The fraction of sp³-hybridized carbons (Fsp3) is 0.250. The maximum absolute atomic E-state index is 12.0. The first-order chi connectivity index (χ1) is 7.69. The summed E-state index contributed by atoms with van der Waals surface area (Å²) in [5.41, 5.74) is -1.07. The van der Waals surface area contributed by atoms with E-state index in [1.165, 1.54) is 22.6 Å². The molecular formula is C8H5F3INO4. The first-order valence-corrected chi connectivity index (χ1v) is 5.16. The molecule has 2 N–H and O–H groups in total. The van der Waals surface area contributed by atoms with Crippen LogP contribution < -0.4 is 10.3 Å². The molecule has 1 rings (SSSR count). The number of carboxylic acids is 1. The Bertz CT molecular complexity index is 497. The van der Waals surface area contributed by atoms with E-state index in [4.69, 9.17) is 5.11 Å². The first-order valence-electron chi connectivity index (χ1n) is 4.08. The second-order valence-electron chi connectivity index (χ2n) is 2.92. The zero-order valence-corrected chi connectivity index (χ0v) is 10.1. The molecule has 0 fully saturated rings. The van der Waals surface area contributed by atoms with Crippen LogP contribution in [0.25, 0.3) is 0 Å². The SMILES string of the molecule is O=C(O)Cc1cc(OC(F)(F)F)c(I)[nH]c1=O. The van der Waals surface area contributed by atoms with E-state index in [2.05, 4.69) is 9.72 Å². The van der Waals surface area contributed by atoms with Crippen molar-refractivity contribution >= 4 is 28.6 Å². The minimum absolute atomic E-state index is 0.154. The van der Waals surface area contributed by atoms with Gasteiger partial charge in [-0.25, -0.2) is 0 Å². The minimum Gasteiger partial charge on any atom is -0.481 e. The van der Waals surface area contributed by atoms with Gasteiger partial charge >= 0.3 is 12.3 Å². The number of hydrogen-bond donors (Lipinski definition) is 2. The zero-order valence-electron chi connectivity index (χ0n) is 7.97. The van der Waals surface area contributed by atoms with Gasteiger partial charge < -0.3 is 14.8 Å². The van der Waals surface area contributed by atoms with Crippen LogP contribution in [-0.2, 0) is 11.2 Å². The summed E-state index contributed by atoms with van der Waals surface area (Å²) >= 11 is 1.45. The Kier molecular flexibility index (Phi) is 4.01. The lowest BCUT2D eigenvalue weighted by Gasteiger charge is -2.10. The third-order valence-corrected chi connectivity index (χ3v) is 2.41. The van der Waals surface area contributed by atoms with Gasteiger partial charge in [-0.2, -0.15) is 0 Å². The van der Waals surface area contributed by atoms with E-state index in [0.29, 0.717) is 0 Å². The lowest BCUT2D eigenvalue weighted by Crippen LogP contribution is -2.22. The number of carboxylic acid groups (broad SMARTS) is 1. The molecule has 17 heavy (non-hydrogen) atoms. The van der Waals surface area contributed by atoms with Crippen molar-refractivity contribution in [2.45, 2.75) is 12.8 Å². The van der Waals surface area contributed by atoms with E-state index in [9.17, 15) is 22.8 Å². The third-order valence-electron chi connectivity index (χ3n) is 1.60. The van der Waals surface area contributed by atoms with Crippen LogP contribution in [0.1, 0.15) is 5.56 Å². The van der Waals surface area contributed by atoms with Crippen LogP contribution in [-0.4, -0.2) is 22.4 Å². The second-order valence-corrected chi connectivity index (χ2v) is 4.00. The standard InChI is InChI=1S/C8H5F3INO4/c9-8(10,11)17-4-1-3(2-5(14)15)7(16)13-6(4)12/h1H,2H2,(H,13,16)(H,14,15). The van der Waals surface area contributed by atoms with Crippen molar-refractivity contribution in [1.82, 2.24) is 4.98 Å². The number of nitrogens with one attached hydrogen (secondary N) is 1. The van der Waals surface area contributed by atoms with Crippen LogP contribution in [0.5, 0.6) is 5.75 Å². The summed E-state index contributed by atoms with van der Waals surface area (Å²) in [6.07, 6.45) is -5.58. The van der Waals surface area contributed by atoms with Gasteiger partial charge in [0.05, 0.1) is 6.42 Å². The van der Waals surface area contributed by atoms with E-state index in [1.807, 2.05) is 0 Å². The molecule has 94 valence electrons. The van der Waals surface area contributed by atoms with Gasteiger partial charge in [-0.05, 0) is 28.7 Å². The van der Waals surface area contributed by atoms with Crippen LogP contribution in [0, 0.1) is 3.70 Å². The second kappa shape index (κ2) is 4.94. The fourth-order valence-electron chi connectivity index (χ4n) is 1.02. The predicted molar refractivity (Wildman–Crippen MR) is 57.8 cm³/mol. The zero-order chi connectivity index (χ0) is 13.2. The van der Waals surface area contributed by atoms with Gasteiger partial charge in [-0.1, -0.05) is 0 Å². The molecule has 1 aromatic rings. The highest BCUT2D eigenvalue weighted by Crippen LogP contribution is 2.26. The summed E-state index contributed by atoms with van der Waals surface area (Å²) in [6, 6.07) is 0.766. The maximum atomic E-state index is 12.0. The van der Waals surface area contributed by atoms with Gasteiger partial charge in [0.25, 0.3) is 5.56 Å². The largest absolute Gasteiger partial charge is 0.573 e. The Balaban J connectivity index is 3.15. The molecule has 0 saturated carbocycles. The predicted octanol–water partition coefficient (Wildman–Crippen LogP) is 1.51. The number of pyridine rings is 1. The molecule has 1 heterocycles. The van der Waals surface area contributed by atoms with Gasteiger partial charge in [0.1, 0.15) is 3.70 Å². The Morgan fingerprint density at radius 3 is 2.59 bits per heavy atom. The maximum Gasteiger partial charge on any atom is 0.573 e. The van der Waals surface area contributed by atoms with Gasteiger partial charge in [0.15, 0.2) is 5.75 Å². The average Bonchev–Trinajstić information content (AvgIpc) is 2.10. The smallest absolute Gasteiger partial charge is 0.481 e. The molecule has 9 heteroatoms. The first kappa shape index (κ1) is 13.8. The molecule has 0 aliphatic heterocycles. The van der Waals surface area contributed by atoms with E-state index in [0.717, 1.165) is 6.07 Å². The molecule has 1 aromatic heterocycles. The van der Waals surface area contributed by atoms with Crippen LogP contribution >= 0.6 is 22.6 Å². The Hall–Kier alpha value is -1.26. The monoisotopic (exact) mass is 363 g/mol. The molecule has 0 saturated heterocycles. The Morgan fingerprint density at radius 2 is 2.12 bits per heavy atom. The van der Waals surface area contributed by atoms with Crippen molar-refractivity contribution in [3.8, 4) is 5.75 Å². The number of aliphatic carboxylic acids is 1. The molecule has 0 unspecified atom stereocenters. The molecule has 0 aromatic carbocycles. The summed E-state index contributed by atoms with van der Waals surface area (Å²) in [5.74, 6) is -1.95. The molecule has 0 spiro atoms. The summed E-state index contributed by atoms with van der Waals surface area (Å²) < 4.78 is 39.4. The number of aromatic amines is 1.